The summed E-state index contributed by atoms with van der Waals surface area (Å²) in [4.78, 5) is 23.1. The number of nitrogens with one attached hydrogen (secondary N) is 1. The molecule has 190 valence electrons. The van der Waals surface area contributed by atoms with Gasteiger partial charge < -0.3 is 29.4 Å². The third-order valence-electron chi connectivity index (χ3n) is 6.61. The van der Waals surface area contributed by atoms with Crippen molar-refractivity contribution in [3.8, 4) is 0 Å². The van der Waals surface area contributed by atoms with Crippen LogP contribution in [0.2, 0.25) is 0 Å². The molecule has 1 amide bonds. The van der Waals surface area contributed by atoms with E-state index >= 15 is 0 Å². The number of rotatable bonds is 8. The summed E-state index contributed by atoms with van der Waals surface area (Å²) in [6, 6.07) is -0.0636. The van der Waals surface area contributed by atoms with Crippen molar-refractivity contribution in [3.05, 3.63) is 36.0 Å². The smallest absolute Gasteiger partial charge is 0.303 e. The molecule has 0 aliphatic carbocycles. The van der Waals surface area contributed by atoms with Crippen LogP contribution in [0.15, 0.2) is 36.0 Å². The van der Waals surface area contributed by atoms with Crippen LogP contribution >= 0.6 is 0 Å². The Balaban J connectivity index is 1.42. The summed E-state index contributed by atoms with van der Waals surface area (Å²) in [7, 11) is 0. The Morgan fingerprint density at radius 3 is 2.59 bits per heavy atom. The summed E-state index contributed by atoms with van der Waals surface area (Å²) < 4.78 is 22.5. The van der Waals surface area contributed by atoms with Gasteiger partial charge in [0.15, 0.2) is 0 Å². The van der Waals surface area contributed by atoms with Gasteiger partial charge in [-0.05, 0) is 53.0 Å². The number of carbonyl (C=O) groups excluding carboxylic acids is 2. The standard InChI is InChI=1S/C26H39NO7/c1-16(7-12-23-25(30)26(15-31-26)14-18(3)33-23)6-9-21-10-11-22(19(4)34-21)27-24(29)13-8-17(2)32-20(5)28/h6-8,12-13,17-19,21-23,25,30H,9-11,14-15H2,1-5H3,(H,27,29)/b12-7+,13-8-,16-6+/t17-,18-,19+,21-,22+,23+,25+,26+/m0/s1. The Kier molecular flexibility index (Phi) is 9.09. The summed E-state index contributed by atoms with van der Waals surface area (Å²) in [5.41, 5.74) is 0.664. The molecular weight excluding hydrogens is 438 g/mol. The van der Waals surface area contributed by atoms with Crippen LogP contribution in [0, 0.1) is 0 Å². The Hall–Kier alpha value is -2.00. The van der Waals surface area contributed by atoms with Gasteiger partial charge in [0, 0.05) is 19.4 Å². The Labute approximate surface area is 202 Å². The molecular formula is C26H39NO7. The number of aliphatic hydroxyl groups excluding tert-OH is 1. The molecule has 3 rings (SSSR count). The average molecular weight is 478 g/mol. The molecule has 0 aromatic rings. The first-order valence-corrected chi connectivity index (χ1v) is 12.2. The fraction of sp³-hybridized carbons (Fsp3) is 0.692. The lowest BCUT2D eigenvalue weighted by atomic mass is 9.89. The third-order valence-corrected chi connectivity index (χ3v) is 6.61. The lowest BCUT2D eigenvalue weighted by molar-refractivity contribution is -0.143. The van der Waals surface area contributed by atoms with Gasteiger partial charge in [0.2, 0.25) is 5.91 Å². The summed E-state index contributed by atoms with van der Waals surface area (Å²) in [6.45, 7) is 9.65. The van der Waals surface area contributed by atoms with Crippen LogP contribution in [-0.2, 0) is 28.5 Å². The Morgan fingerprint density at radius 1 is 1.21 bits per heavy atom. The van der Waals surface area contributed by atoms with Crippen LogP contribution in [0.4, 0.5) is 0 Å². The number of aliphatic hydroxyl groups is 1. The van der Waals surface area contributed by atoms with E-state index in [2.05, 4.69) is 11.4 Å². The first-order chi connectivity index (χ1) is 16.1. The zero-order valence-electron chi connectivity index (χ0n) is 20.9. The molecule has 8 heteroatoms. The van der Waals surface area contributed by atoms with Crippen molar-refractivity contribution in [2.45, 2.75) is 109 Å². The topological polar surface area (TPSA) is 107 Å². The van der Waals surface area contributed by atoms with Gasteiger partial charge in [-0.2, -0.15) is 0 Å². The number of carbonyl (C=O) groups is 2. The number of amides is 1. The van der Waals surface area contributed by atoms with E-state index in [9.17, 15) is 14.7 Å². The number of ether oxygens (including phenoxy) is 4. The maximum absolute atomic E-state index is 12.2. The van der Waals surface area contributed by atoms with Crippen LogP contribution in [0.1, 0.15) is 60.3 Å². The highest BCUT2D eigenvalue weighted by atomic mass is 16.6. The summed E-state index contributed by atoms with van der Waals surface area (Å²) in [6.07, 6.45) is 10.8. The molecule has 1 spiro atoms. The van der Waals surface area contributed by atoms with E-state index in [1.807, 2.05) is 32.9 Å². The van der Waals surface area contributed by atoms with Crippen LogP contribution in [0.5, 0.6) is 0 Å². The highest BCUT2D eigenvalue weighted by Gasteiger charge is 2.57. The van der Waals surface area contributed by atoms with Gasteiger partial charge in [0.05, 0.1) is 31.0 Å². The van der Waals surface area contributed by atoms with E-state index in [1.54, 1.807) is 13.0 Å². The maximum atomic E-state index is 12.2. The minimum absolute atomic E-state index is 0.0585. The van der Waals surface area contributed by atoms with Gasteiger partial charge in [-0.25, -0.2) is 0 Å². The molecule has 0 saturated carbocycles. The van der Waals surface area contributed by atoms with Gasteiger partial charge in [-0.15, -0.1) is 0 Å². The van der Waals surface area contributed by atoms with E-state index < -0.39 is 17.8 Å². The maximum Gasteiger partial charge on any atom is 0.303 e. The highest BCUT2D eigenvalue weighted by Crippen LogP contribution is 2.42. The van der Waals surface area contributed by atoms with E-state index in [1.165, 1.54) is 13.0 Å². The summed E-state index contributed by atoms with van der Waals surface area (Å²) >= 11 is 0. The zero-order valence-corrected chi connectivity index (χ0v) is 20.9. The lowest BCUT2D eigenvalue weighted by Gasteiger charge is -2.35. The van der Waals surface area contributed by atoms with E-state index in [0.717, 1.165) is 31.3 Å². The van der Waals surface area contributed by atoms with Crippen LogP contribution in [0.3, 0.4) is 0 Å². The number of allylic oxidation sites excluding steroid dienone is 2. The molecule has 0 aromatic heterocycles. The van der Waals surface area contributed by atoms with Crippen molar-refractivity contribution in [2.75, 3.05) is 6.61 Å². The molecule has 8 nitrogen and oxygen atoms in total. The largest absolute Gasteiger partial charge is 0.459 e. The number of hydrogen-bond acceptors (Lipinski definition) is 7. The molecule has 3 fully saturated rings. The molecule has 8 atom stereocenters. The van der Waals surface area contributed by atoms with Gasteiger partial charge in [0.1, 0.15) is 23.9 Å². The van der Waals surface area contributed by atoms with Crippen LogP contribution in [-0.4, -0.2) is 71.9 Å². The average Bonchev–Trinajstić information content (AvgIpc) is 3.53. The second kappa shape index (κ2) is 11.6. The van der Waals surface area contributed by atoms with Gasteiger partial charge in [-0.3, -0.25) is 9.59 Å². The molecule has 34 heavy (non-hydrogen) atoms. The van der Waals surface area contributed by atoms with Crippen molar-refractivity contribution in [1.82, 2.24) is 5.32 Å². The summed E-state index contributed by atoms with van der Waals surface area (Å²) in [5, 5.41) is 13.5. The first kappa shape index (κ1) is 26.6. The predicted octanol–water partition coefficient (Wildman–Crippen LogP) is 2.75. The van der Waals surface area contributed by atoms with Crippen LogP contribution in [0.25, 0.3) is 0 Å². The Morgan fingerprint density at radius 2 is 1.94 bits per heavy atom. The zero-order chi connectivity index (χ0) is 24.9. The molecule has 3 aliphatic heterocycles. The lowest BCUT2D eigenvalue weighted by Crippen LogP contribution is -2.49. The first-order valence-electron chi connectivity index (χ1n) is 12.2. The fourth-order valence-electron chi connectivity index (χ4n) is 4.65. The second-order valence-corrected chi connectivity index (χ2v) is 9.79. The number of esters is 1. The number of epoxide rings is 1. The molecule has 0 unspecified atom stereocenters. The van der Waals surface area contributed by atoms with Gasteiger partial charge in [-0.1, -0.05) is 23.8 Å². The predicted molar refractivity (Wildman–Crippen MR) is 127 cm³/mol. The molecule has 0 radical (unpaired) electrons. The van der Waals surface area contributed by atoms with E-state index in [0.29, 0.717) is 6.61 Å². The van der Waals surface area contributed by atoms with Crippen molar-refractivity contribution < 1.29 is 33.6 Å². The van der Waals surface area contributed by atoms with Gasteiger partial charge >= 0.3 is 5.97 Å². The third kappa shape index (κ3) is 7.50. The SMILES string of the molecule is CC(=O)O[C@@H](C)/C=C\C(=O)N[C@@H]1CC[C@H](C/C=C(C)/C=C/[C@H]2O[C@@H](C)C[C@@]3(CO3)[C@@H]2O)O[C@@H]1C. The normalized spacial score (nSPS) is 37.2. The van der Waals surface area contributed by atoms with Crippen molar-refractivity contribution in [1.29, 1.82) is 0 Å². The highest BCUT2D eigenvalue weighted by molar-refractivity contribution is 5.87. The monoisotopic (exact) mass is 477 g/mol. The fourth-order valence-corrected chi connectivity index (χ4v) is 4.65. The minimum atomic E-state index is -0.637. The molecule has 0 aromatic carbocycles. The van der Waals surface area contributed by atoms with Gasteiger partial charge in [0.25, 0.3) is 0 Å². The molecule has 3 aliphatic rings. The minimum Gasteiger partial charge on any atom is -0.459 e. The molecule has 2 N–H and O–H groups in total. The van der Waals surface area contributed by atoms with Crippen molar-refractivity contribution >= 4 is 11.9 Å². The molecule has 3 saturated heterocycles. The van der Waals surface area contributed by atoms with Crippen molar-refractivity contribution in [2.24, 2.45) is 0 Å². The van der Waals surface area contributed by atoms with Crippen molar-refractivity contribution in [3.63, 3.8) is 0 Å². The van der Waals surface area contributed by atoms with Crippen LogP contribution < -0.4 is 5.32 Å². The van der Waals surface area contributed by atoms with E-state index in [-0.39, 0.29) is 42.3 Å². The molecule has 0 bridgehead atoms. The van der Waals surface area contributed by atoms with E-state index in [4.69, 9.17) is 18.9 Å². The Bertz CT molecular complexity index is 816. The molecule has 3 heterocycles. The quantitative estimate of drug-likeness (QED) is 0.240. The number of hydrogen-bond donors (Lipinski definition) is 2. The summed E-state index contributed by atoms with van der Waals surface area (Å²) in [5.74, 6) is -0.605. The second-order valence-electron chi connectivity index (χ2n) is 9.79.